The third-order valence-corrected chi connectivity index (χ3v) is 10.5. The third-order valence-electron chi connectivity index (χ3n) is 10.5. The van der Waals surface area contributed by atoms with Gasteiger partial charge in [-0.05, 0) is 47.5 Å². The van der Waals surface area contributed by atoms with E-state index in [2.05, 4.69) is 124 Å². The summed E-state index contributed by atoms with van der Waals surface area (Å²) in [5, 5.41) is 4.74. The van der Waals surface area contributed by atoms with E-state index in [9.17, 15) is 0 Å². The van der Waals surface area contributed by atoms with E-state index in [1.165, 1.54) is 21.8 Å². The topological polar surface area (TPSA) is 74.3 Å². The number of rotatable bonds is 6. The predicted molar refractivity (Wildman–Crippen MR) is 226 cm³/mol. The van der Waals surface area contributed by atoms with Crippen molar-refractivity contribution in [1.29, 1.82) is 0 Å². The lowest BCUT2D eigenvalue weighted by Crippen LogP contribution is -2.03. The number of para-hydroxylation sites is 3. The van der Waals surface area contributed by atoms with E-state index < -0.39 is 0 Å². The average molecular weight is 718 g/mol. The molecular weight excluding hydrogens is 687 g/mol. The first-order valence-corrected chi connectivity index (χ1v) is 18.6. The summed E-state index contributed by atoms with van der Waals surface area (Å²) in [5.41, 5.74) is 10.3. The highest BCUT2D eigenvalue weighted by molar-refractivity contribution is 6.17. The van der Waals surface area contributed by atoms with Crippen LogP contribution in [0, 0.1) is 0 Å². The summed E-state index contributed by atoms with van der Waals surface area (Å²) in [6.45, 7) is 0. The maximum Gasteiger partial charge on any atom is 0.234 e. The van der Waals surface area contributed by atoms with Crippen LogP contribution in [0.25, 0.3) is 101 Å². The summed E-state index contributed by atoms with van der Waals surface area (Å²) in [5.74, 6) is 2.26. The molecule has 262 valence electrons. The van der Waals surface area contributed by atoms with Gasteiger partial charge in [0.25, 0.3) is 0 Å². The minimum Gasteiger partial charge on any atom is -0.309 e. The second-order valence-corrected chi connectivity index (χ2v) is 13.8. The number of hydrogen-bond donors (Lipinski definition) is 0. The minimum absolute atomic E-state index is 0.511. The van der Waals surface area contributed by atoms with Gasteiger partial charge < -0.3 is 4.57 Å². The Kier molecular flexibility index (Phi) is 7.35. The van der Waals surface area contributed by atoms with Crippen LogP contribution in [0.15, 0.2) is 188 Å². The Morgan fingerprint density at radius 2 is 0.857 bits per heavy atom. The molecule has 4 heterocycles. The van der Waals surface area contributed by atoms with Crippen LogP contribution < -0.4 is 0 Å². The standard InChI is InChI=1S/C49H31N7/c1-4-15-32(16-5-1)46-52-47(33-17-6-2-7-18-33)54-48(53-46)35-30-50-49(51-31-35)56-42-25-13-11-22-40(42)45-37(23-14-26-43(45)56)34-27-28-39-38-21-10-12-24-41(38)55(44(39)29-34)36-19-8-3-9-20-36/h1-31H. The first kappa shape index (κ1) is 31.7. The quantitative estimate of drug-likeness (QED) is 0.171. The average Bonchev–Trinajstić information content (AvgIpc) is 3.80. The zero-order chi connectivity index (χ0) is 37.0. The summed E-state index contributed by atoms with van der Waals surface area (Å²) in [7, 11) is 0. The highest BCUT2D eigenvalue weighted by Crippen LogP contribution is 2.40. The van der Waals surface area contributed by atoms with E-state index in [0.29, 0.717) is 29.0 Å². The van der Waals surface area contributed by atoms with Crippen molar-refractivity contribution in [2.75, 3.05) is 0 Å². The molecule has 0 aliphatic carbocycles. The Bertz CT molecular complexity index is 3170. The fourth-order valence-corrected chi connectivity index (χ4v) is 7.96. The summed E-state index contributed by atoms with van der Waals surface area (Å²) in [6.07, 6.45) is 3.62. The van der Waals surface area contributed by atoms with Crippen LogP contribution in [-0.4, -0.2) is 34.1 Å². The Hall–Kier alpha value is -7.77. The van der Waals surface area contributed by atoms with Gasteiger partial charge in [-0.3, -0.25) is 4.57 Å². The van der Waals surface area contributed by atoms with Gasteiger partial charge in [-0.1, -0.05) is 140 Å². The molecule has 0 saturated heterocycles. The molecule has 11 rings (SSSR count). The van der Waals surface area contributed by atoms with Crippen molar-refractivity contribution in [3.63, 3.8) is 0 Å². The third kappa shape index (κ3) is 5.17. The van der Waals surface area contributed by atoms with Gasteiger partial charge in [0, 0.05) is 50.8 Å². The van der Waals surface area contributed by atoms with Crippen LogP contribution in [0.3, 0.4) is 0 Å². The second-order valence-electron chi connectivity index (χ2n) is 13.8. The molecule has 0 spiro atoms. The van der Waals surface area contributed by atoms with E-state index in [-0.39, 0.29) is 0 Å². The van der Waals surface area contributed by atoms with Gasteiger partial charge in [0.1, 0.15) is 0 Å². The Morgan fingerprint density at radius 1 is 0.339 bits per heavy atom. The van der Waals surface area contributed by atoms with Crippen molar-refractivity contribution in [3.8, 4) is 56.9 Å². The van der Waals surface area contributed by atoms with Crippen LogP contribution in [0.5, 0.6) is 0 Å². The van der Waals surface area contributed by atoms with Gasteiger partial charge in [-0.15, -0.1) is 0 Å². The smallest absolute Gasteiger partial charge is 0.234 e. The number of fused-ring (bicyclic) bond motifs is 6. The van der Waals surface area contributed by atoms with Crippen LogP contribution in [-0.2, 0) is 0 Å². The molecule has 11 aromatic rings. The van der Waals surface area contributed by atoms with Gasteiger partial charge in [-0.2, -0.15) is 0 Å². The first-order valence-electron chi connectivity index (χ1n) is 18.6. The molecule has 0 aliphatic rings. The fourth-order valence-electron chi connectivity index (χ4n) is 7.96. The molecule has 0 atom stereocenters. The van der Waals surface area contributed by atoms with Gasteiger partial charge in [-0.25, -0.2) is 24.9 Å². The van der Waals surface area contributed by atoms with Crippen LogP contribution in [0.2, 0.25) is 0 Å². The van der Waals surface area contributed by atoms with Gasteiger partial charge in [0.15, 0.2) is 17.5 Å². The molecule has 7 heteroatoms. The summed E-state index contributed by atoms with van der Waals surface area (Å²) >= 11 is 0. The molecule has 0 amide bonds. The van der Waals surface area contributed by atoms with Crippen molar-refractivity contribution in [1.82, 2.24) is 34.1 Å². The lowest BCUT2D eigenvalue weighted by Gasteiger charge is -2.10. The Balaban J connectivity index is 1.06. The van der Waals surface area contributed by atoms with Crippen molar-refractivity contribution >= 4 is 43.6 Å². The monoisotopic (exact) mass is 717 g/mol. The van der Waals surface area contributed by atoms with E-state index in [4.69, 9.17) is 24.9 Å². The van der Waals surface area contributed by atoms with Crippen LogP contribution in [0.4, 0.5) is 0 Å². The molecule has 0 unspecified atom stereocenters. The Morgan fingerprint density at radius 3 is 1.52 bits per heavy atom. The van der Waals surface area contributed by atoms with Gasteiger partial charge in [0.2, 0.25) is 5.95 Å². The zero-order valence-corrected chi connectivity index (χ0v) is 30.0. The number of benzene rings is 7. The van der Waals surface area contributed by atoms with Crippen molar-refractivity contribution in [3.05, 3.63) is 188 Å². The molecule has 0 bridgehead atoms. The highest BCUT2D eigenvalue weighted by atomic mass is 15.2. The van der Waals surface area contributed by atoms with Gasteiger partial charge >= 0.3 is 0 Å². The number of aromatic nitrogens is 7. The maximum atomic E-state index is 4.96. The van der Waals surface area contributed by atoms with Crippen molar-refractivity contribution in [2.24, 2.45) is 0 Å². The molecule has 4 aromatic heterocycles. The number of nitrogens with zero attached hydrogens (tertiary/aromatic N) is 7. The Labute approximate surface area is 321 Å². The summed E-state index contributed by atoms with van der Waals surface area (Å²) < 4.78 is 4.51. The molecule has 0 saturated carbocycles. The largest absolute Gasteiger partial charge is 0.309 e. The van der Waals surface area contributed by atoms with E-state index >= 15 is 0 Å². The molecule has 7 nitrogen and oxygen atoms in total. The number of hydrogen-bond acceptors (Lipinski definition) is 5. The minimum atomic E-state index is 0.511. The summed E-state index contributed by atoms with van der Waals surface area (Å²) in [4.78, 5) is 24.5. The fraction of sp³-hybridized carbons (Fsp3) is 0. The first-order chi connectivity index (χ1) is 27.8. The second kappa shape index (κ2) is 13.0. The van der Waals surface area contributed by atoms with Crippen LogP contribution >= 0.6 is 0 Å². The predicted octanol–water partition coefficient (Wildman–Crippen LogP) is 11.5. The zero-order valence-electron chi connectivity index (χ0n) is 30.0. The van der Waals surface area contributed by atoms with Gasteiger partial charge in [0.05, 0.1) is 27.6 Å². The SMILES string of the molecule is c1ccc(-c2nc(-c3ccccc3)nc(-c3cnc(-n4c5ccccc5c5c(-c6ccc7c8ccccc8n(-c8ccccc8)c7c6)cccc54)nc3)n2)cc1. The molecule has 56 heavy (non-hydrogen) atoms. The highest BCUT2D eigenvalue weighted by Gasteiger charge is 2.20. The lowest BCUT2D eigenvalue weighted by atomic mass is 9.98. The molecule has 0 fully saturated rings. The van der Waals surface area contributed by atoms with E-state index in [0.717, 1.165) is 49.7 Å². The van der Waals surface area contributed by atoms with Crippen molar-refractivity contribution < 1.29 is 0 Å². The molecule has 0 radical (unpaired) electrons. The van der Waals surface area contributed by atoms with E-state index in [1.807, 2.05) is 73.1 Å². The van der Waals surface area contributed by atoms with Crippen LogP contribution in [0.1, 0.15) is 0 Å². The van der Waals surface area contributed by atoms with E-state index in [1.54, 1.807) is 0 Å². The molecule has 0 N–H and O–H groups in total. The molecule has 7 aromatic carbocycles. The lowest BCUT2D eigenvalue weighted by molar-refractivity contribution is 0.982. The maximum absolute atomic E-state index is 4.96. The normalized spacial score (nSPS) is 11.6. The molecular formula is C49H31N7. The van der Waals surface area contributed by atoms with Crippen molar-refractivity contribution in [2.45, 2.75) is 0 Å². The molecule has 0 aliphatic heterocycles. The summed E-state index contributed by atoms with van der Waals surface area (Å²) in [6, 6.07) is 61.0.